The maximum Gasteiger partial charge on any atom is 0.166 e. The number of benzene rings is 1. The van der Waals surface area contributed by atoms with Gasteiger partial charge in [-0.2, -0.15) is 0 Å². The lowest BCUT2D eigenvalue weighted by Gasteiger charge is -2.09. The van der Waals surface area contributed by atoms with Crippen molar-refractivity contribution in [2.24, 2.45) is 11.7 Å². The minimum Gasteiger partial charge on any atom is -0.328 e. The number of nitrogens with two attached hydrogens (primary N) is 1. The molecule has 19 heavy (non-hydrogen) atoms. The maximum atomic E-state index is 12.4. The van der Waals surface area contributed by atoms with Gasteiger partial charge in [-0.1, -0.05) is 6.07 Å². The fourth-order valence-electron chi connectivity index (χ4n) is 2.87. The molecule has 98 valence electrons. The third-order valence-corrected chi connectivity index (χ3v) is 3.96. The number of Topliss-reactive ketones (excluding diaryl/α,β-unsaturated/α-hetero) is 1. The Morgan fingerprint density at radius 2 is 2.11 bits per heavy atom. The van der Waals surface area contributed by atoms with Crippen molar-refractivity contribution in [1.29, 1.82) is 0 Å². The molecule has 2 unspecified atom stereocenters. The summed E-state index contributed by atoms with van der Waals surface area (Å²) in [5.41, 5.74) is 8.61. The topological polar surface area (TPSA) is 56.0 Å². The quantitative estimate of drug-likeness (QED) is 0.838. The molecule has 1 aliphatic carbocycles. The average molecular weight is 254 g/mol. The lowest BCUT2D eigenvalue weighted by molar-refractivity contribution is 0.0922. The lowest BCUT2D eigenvalue weighted by Crippen LogP contribution is -2.18. The van der Waals surface area contributed by atoms with E-state index in [1.165, 1.54) is 0 Å². The smallest absolute Gasteiger partial charge is 0.166 e. The van der Waals surface area contributed by atoms with Crippen molar-refractivity contribution >= 4 is 16.7 Å². The molecule has 0 radical (unpaired) electrons. The molecule has 1 aromatic carbocycles. The Kier molecular flexibility index (Phi) is 3.07. The Hall–Kier alpha value is -1.74. The van der Waals surface area contributed by atoms with E-state index in [0.29, 0.717) is 0 Å². The van der Waals surface area contributed by atoms with Crippen LogP contribution in [0, 0.1) is 12.8 Å². The SMILES string of the molecule is Cc1ccc2cc(C(=O)C3CCC(N)C3)ccc2n1. The van der Waals surface area contributed by atoms with Crippen molar-refractivity contribution in [3.05, 3.63) is 41.6 Å². The van der Waals surface area contributed by atoms with Crippen molar-refractivity contribution in [3.8, 4) is 0 Å². The van der Waals surface area contributed by atoms with Crippen LogP contribution in [-0.2, 0) is 0 Å². The van der Waals surface area contributed by atoms with Crippen molar-refractivity contribution in [2.75, 3.05) is 0 Å². The Bertz CT molecular complexity index is 636. The highest BCUT2D eigenvalue weighted by Gasteiger charge is 2.28. The molecule has 2 aromatic rings. The van der Waals surface area contributed by atoms with E-state index in [9.17, 15) is 4.79 Å². The number of aryl methyl sites for hydroxylation is 1. The number of aromatic nitrogens is 1. The van der Waals surface area contributed by atoms with Crippen LogP contribution in [0.1, 0.15) is 35.3 Å². The predicted molar refractivity (Wildman–Crippen MR) is 76.1 cm³/mol. The summed E-state index contributed by atoms with van der Waals surface area (Å²) in [5.74, 6) is 0.335. The summed E-state index contributed by atoms with van der Waals surface area (Å²) in [6.45, 7) is 1.97. The van der Waals surface area contributed by atoms with Crippen LogP contribution in [0.4, 0.5) is 0 Å². The number of ketones is 1. The van der Waals surface area contributed by atoms with Gasteiger partial charge in [-0.25, -0.2) is 0 Å². The Morgan fingerprint density at radius 1 is 1.26 bits per heavy atom. The highest BCUT2D eigenvalue weighted by molar-refractivity contribution is 6.01. The van der Waals surface area contributed by atoms with Gasteiger partial charge in [0, 0.05) is 28.6 Å². The molecule has 1 aromatic heterocycles. The number of nitrogens with zero attached hydrogens (tertiary/aromatic N) is 1. The second-order valence-electron chi connectivity index (χ2n) is 5.49. The average Bonchev–Trinajstić information content (AvgIpc) is 2.84. The molecule has 1 aliphatic rings. The van der Waals surface area contributed by atoms with Crippen molar-refractivity contribution in [3.63, 3.8) is 0 Å². The van der Waals surface area contributed by atoms with E-state index >= 15 is 0 Å². The number of carbonyl (C=O) groups is 1. The van der Waals surface area contributed by atoms with Crippen LogP contribution in [0.15, 0.2) is 30.3 Å². The largest absolute Gasteiger partial charge is 0.328 e. The number of rotatable bonds is 2. The molecule has 0 spiro atoms. The number of fused-ring (bicyclic) bond motifs is 1. The fraction of sp³-hybridized carbons (Fsp3) is 0.375. The minimum absolute atomic E-state index is 0.103. The molecule has 3 heteroatoms. The van der Waals surface area contributed by atoms with E-state index in [4.69, 9.17) is 5.73 Å². The summed E-state index contributed by atoms with van der Waals surface area (Å²) in [6.07, 6.45) is 2.71. The highest BCUT2D eigenvalue weighted by atomic mass is 16.1. The molecule has 1 fully saturated rings. The fourth-order valence-corrected chi connectivity index (χ4v) is 2.87. The molecule has 3 rings (SSSR count). The van der Waals surface area contributed by atoms with Crippen LogP contribution in [0.25, 0.3) is 10.9 Å². The second-order valence-corrected chi connectivity index (χ2v) is 5.49. The monoisotopic (exact) mass is 254 g/mol. The van der Waals surface area contributed by atoms with E-state index in [2.05, 4.69) is 4.98 Å². The standard InChI is InChI=1S/C16H18N2O/c1-10-2-3-11-8-12(5-7-15(11)18-10)16(19)13-4-6-14(17)9-13/h2-3,5,7-8,13-14H,4,6,9,17H2,1H3. The molecule has 1 saturated carbocycles. The van der Waals surface area contributed by atoms with Gasteiger partial charge >= 0.3 is 0 Å². The molecule has 0 saturated heterocycles. The zero-order chi connectivity index (χ0) is 13.4. The summed E-state index contributed by atoms with van der Waals surface area (Å²) in [7, 11) is 0. The van der Waals surface area contributed by atoms with E-state index in [1.54, 1.807) is 0 Å². The molecule has 0 aliphatic heterocycles. The van der Waals surface area contributed by atoms with Gasteiger partial charge in [-0.15, -0.1) is 0 Å². The van der Waals surface area contributed by atoms with E-state index in [1.807, 2.05) is 37.3 Å². The highest BCUT2D eigenvalue weighted by Crippen LogP contribution is 2.28. The molecule has 3 nitrogen and oxygen atoms in total. The molecule has 0 bridgehead atoms. The minimum atomic E-state index is 0.103. The van der Waals surface area contributed by atoms with Gasteiger partial charge in [-0.05, 0) is 50.5 Å². The first kappa shape index (κ1) is 12.3. The van der Waals surface area contributed by atoms with Gasteiger partial charge in [-0.3, -0.25) is 9.78 Å². The molecule has 0 amide bonds. The molecular weight excluding hydrogens is 236 g/mol. The van der Waals surface area contributed by atoms with E-state index in [-0.39, 0.29) is 17.7 Å². The van der Waals surface area contributed by atoms with Crippen molar-refractivity contribution < 1.29 is 4.79 Å². The first-order valence-electron chi connectivity index (χ1n) is 6.81. The summed E-state index contributed by atoms with van der Waals surface area (Å²) in [6, 6.07) is 9.97. The van der Waals surface area contributed by atoms with Crippen LogP contribution in [0.3, 0.4) is 0 Å². The number of hydrogen-bond donors (Lipinski definition) is 1. The number of carbonyl (C=O) groups excluding carboxylic acids is 1. The van der Waals surface area contributed by atoms with Crippen LogP contribution in [0.2, 0.25) is 0 Å². The van der Waals surface area contributed by atoms with Crippen molar-refractivity contribution in [2.45, 2.75) is 32.2 Å². The summed E-state index contributed by atoms with van der Waals surface area (Å²) in [4.78, 5) is 16.9. The third-order valence-electron chi connectivity index (χ3n) is 3.96. The summed E-state index contributed by atoms with van der Waals surface area (Å²) < 4.78 is 0. The van der Waals surface area contributed by atoms with Gasteiger partial charge in [0.05, 0.1) is 5.52 Å². The first-order valence-corrected chi connectivity index (χ1v) is 6.81. The van der Waals surface area contributed by atoms with Gasteiger partial charge < -0.3 is 5.73 Å². The molecule has 2 N–H and O–H groups in total. The van der Waals surface area contributed by atoms with Crippen LogP contribution in [0.5, 0.6) is 0 Å². The number of hydrogen-bond acceptors (Lipinski definition) is 3. The first-order chi connectivity index (χ1) is 9.13. The Balaban J connectivity index is 1.92. The summed E-state index contributed by atoms with van der Waals surface area (Å²) >= 11 is 0. The van der Waals surface area contributed by atoms with Crippen LogP contribution >= 0.6 is 0 Å². The number of pyridine rings is 1. The van der Waals surface area contributed by atoms with Gasteiger partial charge in [0.1, 0.15) is 0 Å². The van der Waals surface area contributed by atoms with E-state index in [0.717, 1.165) is 41.4 Å². The lowest BCUT2D eigenvalue weighted by atomic mass is 9.95. The van der Waals surface area contributed by atoms with Gasteiger partial charge in [0.25, 0.3) is 0 Å². The molecule has 1 heterocycles. The van der Waals surface area contributed by atoms with Crippen molar-refractivity contribution in [1.82, 2.24) is 4.98 Å². The normalized spacial score (nSPS) is 22.8. The Morgan fingerprint density at radius 3 is 2.84 bits per heavy atom. The predicted octanol–water partition coefficient (Wildman–Crippen LogP) is 2.85. The van der Waals surface area contributed by atoms with Crippen LogP contribution in [-0.4, -0.2) is 16.8 Å². The zero-order valence-electron chi connectivity index (χ0n) is 11.1. The van der Waals surface area contributed by atoms with Gasteiger partial charge in [0.15, 0.2) is 5.78 Å². The van der Waals surface area contributed by atoms with E-state index < -0.39 is 0 Å². The third kappa shape index (κ3) is 2.38. The summed E-state index contributed by atoms with van der Waals surface area (Å²) in [5, 5.41) is 1.03. The zero-order valence-corrected chi connectivity index (χ0v) is 11.1. The van der Waals surface area contributed by atoms with Crippen LogP contribution < -0.4 is 5.73 Å². The molecule has 2 atom stereocenters. The maximum absolute atomic E-state index is 12.4. The second kappa shape index (κ2) is 4.74. The van der Waals surface area contributed by atoms with Gasteiger partial charge in [0.2, 0.25) is 0 Å². The Labute approximate surface area is 112 Å². The molecular formula is C16H18N2O.